The molecular formula is C8H13N3O2. The van der Waals surface area contributed by atoms with Gasteiger partial charge >= 0.3 is 0 Å². The Morgan fingerprint density at radius 2 is 2.31 bits per heavy atom. The predicted molar refractivity (Wildman–Crippen MR) is 46.6 cm³/mol. The molecule has 0 fully saturated rings. The number of hydrogen-bond acceptors (Lipinski definition) is 5. The van der Waals surface area contributed by atoms with Crippen LogP contribution in [-0.2, 0) is 6.54 Å². The standard InChI is InChI=1S/C8H13N3O2/c1-6-9-4-7(5-11(2)12)8(10-6)13-3/h4,12H,5H2,1-3H3. The van der Waals surface area contributed by atoms with E-state index in [0.29, 0.717) is 18.2 Å². The average molecular weight is 183 g/mol. The van der Waals surface area contributed by atoms with Crippen molar-refractivity contribution in [3.8, 4) is 5.88 Å². The van der Waals surface area contributed by atoms with Crippen molar-refractivity contribution in [3.05, 3.63) is 17.6 Å². The van der Waals surface area contributed by atoms with Crippen molar-refractivity contribution in [1.29, 1.82) is 0 Å². The lowest BCUT2D eigenvalue weighted by atomic mass is 10.3. The van der Waals surface area contributed by atoms with E-state index in [2.05, 4.69) is 9.97 Å². The first-order valence-electron chi connectivity index (χ1n) is 3.90. The maximum Gasteiger partial charge on any atom is 0.221 e. The van der Waals surface area contributed by atoms with Crippen LogP contribution in [0, 0.1) is 6.92 Å². The summed E-state index contributed by atoms with van der Waals surface area (Å²) in [7, 11) is 3.10. The van der Waals surface area contributed by atoms with Crippen LogP contribution in [0.25, 0.3) is 0 Å². The molecule has 0 saturated carbocycles. The molecule has 0 bridgehead atoms. The highest BCUT2D eigenvalue weighted by molar-refractivity contribution is 5.23. The molecule has 13 heavy (non-hydrogen) atoms. The van der Waals surface area contributed by atoms with Gasteiger partial charge in [0.25, 0.3) is 0 Å². The second kappa shape index (κ2) is 4.15. The van der Waals surface area contributed by atoms with Crippen molar-refractivity contribution in [2.75, 3.05) is 14.2 Å². The van der Waals surface area contributed by atoms with Gasteiger partial charge in [-0.3, -0.25) is 0 Å². The first kappa shape index (κ1) is 9.88. The molecule has 0 atom stereocenters. The Morgan fingerprint density at radius 3 is 2.85 bits per heavy atom. The predicted octanol–water partition coefficient (Wildman–Crippen LogP) is 0.615. The lowest BCUT2D eigenvalue weighted by molar-refractivity contribution is -0.0737. The van der Waals surface area contributed by atoms with Gasteiger partial charge in [-0.2, -0.15) is 10.0 Å². The quantitative estimate of drug-likeness (QED) is 0.696. The van der Waals surface area contributed by atoms with E-state index >= 15 is 0 Å². The number of ether oxygens (including phenoxy) is 1. The number of rotatable bonds is 3. The van der Waals surface area contributed by atoms with Crippen LogP contribution in [0.5, 0.6) is 5.88 Å². The third kappa shape index (κ3) is 2.64. The monoisotopic (exact) mass is 183 g/mol. The second-order valence-electron chi connectivity index (χ2n) is 2.77. The van der Waals surface area contributed by atoms with Crippen molar-refractivity contribution in [1.82, 2.24) is 15.0 Å². The zero-order valence-corrected chi connectivity index (χ0v) is 7.98. The van der Waals surface area contributed by atoms with Crippen LogP contribution in [0.1, 0.15) is 11.4 Å². The van der Waals surface area contributed by atoms with Crippen LogP contribution in [0.15, 0.2) is 6.20 Å². The van der Waals surface area contributed by atoms with Crippen molar-refractivity contribution < 1.29 is 9.94 Å². The van der Waals surface area contributed by atoms with Crippen LogP contribution in [0.2, 0.25) is 0 Å². The maximum absolute atomic E-state index is 9.02. The van der Waals surface area contributed by atoms with E-state index in [0.717, 1.165) is 10.6 Å². The number of hydrogen-bond donors (Lipinski definition) is 1. The Balaban J connectivity index is 2.92. The number of methoxy groups -OCH3 is 1. The molecule has 0 spiro atoms. The molecule has 0 aliphatic carbocycles. The summed E-state index contributed by atoms with van der Waals surface area (Å²) in [6.45, 7) is 2.14. The van der Waals surface area contributed by atoms with Crippen molar-refractivity contribution >= 4 is 0 Å². The molecule has 1 heterocycles. The highest BCUT2D eigenvalue weighted by atomic mass is 16.5. The Hall–Kier alpha value is -1.20. The molecule has 0 aromatic carbocycles. The van der Waals surface area contributed by atoms with E-state index in [1.54, 1.807) is 27.3 Å². The van der Waals surface area contributed by atoms with E-state index in [4.69, 9.17) is 9.94 Å². The molecule has 0 aliphatic heterocycles. The first-order chi connectivity index (χ1) is 6.13. The summed E-state index contributed by atoms with van der Waals surface area (Å²) in [6, 6.07) is 0. The van der Waals surface area contributed by atoms with Crippen molar-refractivity contribution in [2.45, 2.75) is 13.5 Å². The van der Waals surface area contributed by atoms with Gasteiger partial charge < -0.3 is 9.94 Å². The van der Waals surface area contributed by atoms with E-state index < -0.39 is 0 Å². The summed E-state index contributed by atoms with van der Waals surface area (Å²) >= 11 is 0. The topological polar surface area (TPSA) is 58.5 Å². The van der Waals surface area contributed by atoms with Gasteiger partial charge in [0.15, 0.2) is 0 Å². The Morgan fingerprint density at radius 1 is 1.62 bits per heavy atom. The summed E-state index contributed by atoms with van der Waals surface area (Å²) in [5.41, 5.74) is 0.762. The van der Waals surface area contributed by atoms with Crippen LogP contribution in [-0.4, -0.2) is 34.4 Å². The van der Waals surface area contributed by atoms with Crippen LogP contribution >= 0.6 is 0 Å². The zero-order valence-electron chi connectivity index (χ0n) is 7.98. The third-order valence-corrected chi connectivity index (χ3v) is 1.54. The Labute approximate surface area is 77.0 Å². The Bertz CT molecular complexity index is 289. The lowest BCUT2D eigenvalue weighted by Crippen LogP contribution is -2.13. The molecule has 0 aliphatic rings. The van der Waals surface area contributed by atoms with Crippen molar-refractivity contribution in [2.24, 2.45) is 0 Å². The van der Waals surface area contributed by atoms with E-state index in [-0.39, 0.29) is 0 Å². The van der Waals surface area contributed by atoms with Gasteiger partial charge in [-0.15, -0.1) is 0 Å². The third-order valence-electron chi connectivity index (χ3n) is 1.54. The average Bonchev–Trinajstić information content (AvgIpc) is 2.07. The van der Waals surface area contributed by atoms with Gasteiger partial charge in [0.05, 0.1) is 13.7 Å². The fourth-order valence-corrected chi connectivity index (χ4v) is 1.01. The maximum atomic E-state index is 9.02. The smallest absolute Gasteiger partial charge is 0.221 e. The summed E-state index contributed by atoms with van der Waals surface area (Å²) in [5, 5.41) is 10.1. The van der Waals surface area contributed by atoms with Gasteiger partial charge in [0.2, 0.25) is 5.88 Å². The highest BCUT2D eigenvalue weighted by Gasteiger charge is 2.06. The minimum atomic E-state index is 0.351. The fraction of sp³-hybridized carbons (Fsp3) is 0.500. The molecule has 5 nitrogen and oxygen atoms in total. The first-order valence-corrected chi connectivity index (χ1v) is 3.90. The summed E-state index contributed by atoms with van der Waals surface area (Å²) in [5.74, 6) is 1.16. The van der Waals surface area contributed by atoms with Gasteiger partial charge in [-0.25, -0.2) is 4.98 Å². The number of nitrogens with zero attached hydrogens (tertiary/aromatic N) is 3. The van der Waals surface area contributed by atoms with Gasteiger partial charge in [0, 0.05) is 18.8 Å². The lowest BCUT2D eigenvalue weighted by Gasteiger charge is -2.10. The summed E-state index contributed by atoms with van der Waals surface area (Å²) in [6.07, 6.45) is 1.65. The van der Waals surface area contributed by atoms with Crippen molar-refractivity contribution in [3.63, 3.8) is 0 Å². The molecule has 1 aromatic rings. The molecule has 1 aromatic heterocycles. The highest BCUT2D eigenvalue weighted by Crippen LogP contribution is 2.14. The van der Waals surface area contributed by atoms with E-state index in [9.17, 15) is 0 Å². The molecule has 1 N–H and O–H groups in total. The molecule has 0 unspecified atom stereocenters. The Kier molecular flexibility index (Phi) is 3.16. The van der Waals surface area contributed by atoms with Gasteiger partial charge in [-0.05, 0) is 6.92 Å². The van der Waals surface area contributed by atoms with Crippen LogP contribution < -0.4 is 4.74 Å². The van der Waals surface area contributed by atoms with Crippen LogP contribution in [0.4, 0.5) is 0 Å². The fourth-order valence-electron chi connectivity index (χ4n) is 1.01. The molecule has 72 valence electrons. The van der Waals surface area contributed by atoms with E-state index in [1.807, 2.05) is 0 Å². The molecule has 0 amide bonds. The largest absolute Gasteiger partial charge is 0.481 e. The van der Waals surface area contributed by atoms with Crippen LogP contribution in [0.3, 0.4) is 0 Å². The van der Waals surface area contributed by atoms with Gasteiger partial charge in [0.1, 0.15) is 5.82 Å². The SMILES string of the molecule is COc1nc(C)ncc1CN(C)O. The van der Waals surface area contributed by atoms with E-state index in [1.165, 1.54) is 0 Å². The summed E-state index contributed by atoms with van der Waals surface area (Å²) < 4.78 is 5.04. The number of aromatic nitrogens is 2. The number of hydroxylamine groups is 2. The minimum absolute atomic E-state index is 0.351. The molecular weight excluding hydrogens is 170 g/mol. The summed E-state index contributed by atoms with van der Waals surface area (Å²) in [4.78, 5) is 8.09. The number of aryl methyl sites for hydroxylation is 1. The molecule has 0 radical (unpaired) electrons. The minimum Gasteiger partial charge on any atom is -0.481 e. The molecule has 1 rings (SSSR count). The zero-order chi connectivity index (χ0) is 9.84. The normalized spacial score (nSPS) is 10.5. The molecule has 0 saturated heterocycles. The molecule has 5 heteroatoms. The second-order valence-corrected chi connectivity index (χ2v) is 2.77. The van der Waals surface area contributed by atoms with Gasteiger partial charge in [-0.1, -0.05) is 0 Å².